The van der Waals surface area contributed by atoms with Crippen LogP contribution in [0.4, 0.5) is 5.82 Å². The van der Waals surface area contributed by atoms with Crippen molar-refractivity contribution >= 4 is 23.1 Å². The molecule has 0 aliphatic carbocycles. The van der Waals surface area contributed by atoms with Gasteiger partial charge in [0, 0.05) is 37.0 Å². The van der Waals surface area contributed by atoms with E-state index in [0.29, 0.717) is 31.0 Å². The van der Waals surface area contributed by atoms with Gasteiger partial charge in [-0.1, -0.05) is 0 Å². The van der Waals surface area contributed by atoms with Crippen LogP contribution in [0.5, 0.6) is 5.75 Å². The van der Waals surface area contributed by atoms with Gasteiger partial charge < -0.3 is 19.4 Å². The summed E-state index contributed by atoms with van der Waals surface area (Å²) < 4.78 is 10.6. The van der Waals surface area contributed by atoms with E-state index in [1.807, 2.05) is 48.5 Å². The molecule has 1 unspecified atom stereocenters. The van der Waals surface area contributed by atoms with Gasteiger partial charge in [0.1, 0.15) is 16.5 Å². The summed E-state index contributed by atoms with van der Waals surface area (Å²) in [6.07, 6.45) is 4.14. The lowest BCUT2D eigenvalue weighted by molar-refractivity contribution is -0.125. The molecular weight excluding hydrogens is 462 g/mol. The molecule has 0 radical (unpaired) electrons. The van der Waals surface area contributed by atoms with Gasteiger partial charge in [0.25, 0.3) is 0 Å². The van der Waals surface area contributed by atoms with Crippen molar-refractivity contribution in [1.82, 2.24) is 20.5 Å². The zero-order valence-corrected chi connectivity index (χ0v) is 20.3. The van der Waals surface area contributed by atoms with Gasteiger partial charge in [-0.25, -0.2) is 4.98 Å². The van der Waals surface area contributed by atoms with Crippen molar-refractivity contribution in [2.75, 3.05) is 31.6 Å². The van der Waals surface area contributed by atoms with Crippen LogP contribution >= 0.6 is 11.3 Å². The van der Waals surface area contributed by atoms with Gasteiger partial charge in [-0.3, -0.25) is 4.79 Å². The number of benzene rings is 1. The topological polar surface area (TPSA) is 93.4 Å². The minimum absolute atomic E-state index is 0.0689. The Hall–Kier alpha value is -3.72. The summed E-state index contributed by atoms with van der Waals surface area (Å²) >= 11 is 1.61. The number of amides is 1. The summed E-state index contributed by atoms with van der Waals surface area (Å²) in [6, 6.07) is 15.4. The van der Waals surface area contributed by atoms with Crippen LogP contribution in [-0.4, -0.2) is 47.8 Å². The molecule has 1 atom stereocenters. The van der Waals surface area contributed by atoms with Gasteiger partial charge >= 0.3 is 0 Å². The number of nitrogens with zero attached hydrogens (tertiary/aromatic N) is 4. The predicted molar refractivity (Wildman–Crippen MR) is 135 cm³/mol. The third-order valence-corrected chi connectivity index (χ3v) is 7.05. The van der Waals surface area contributed by atoms with Crippen molar-refractivity contribution in [2.24, 2.45) is 5.92 Å². The van der Waals surface area contributed by atoms with Crippen molar-refractivity contribution < 1.29 is 13.9 Å². The molecule has 1 aliphatic heterocycles. The molecule has 1 aromatic carbocycles. The van der Waals surface area contributed by atoms with Crippen LogP contribution in [0.1, 0.15) is 18.5 Å². The zero-order chi connectivity index (χ0) is 24.0. The SMILES string of the molecule is COc1ccc(-c2nc(CCNC(=O)C3CCCN(c4ccc(-c5ccco5)nn4)C3)cs2)cc1. The van der Waals surface area contributed by atoms with Gasteiger partial charge in [0.2, 0.25) is 5.91 Å². The molecule has 1 fully saturated rings. The monoisotopic (exact) mass is 489 g/mol. The third-order valence-electron chi connectivity index (χ3n) is 6.11. The Morgan fingerprint density at radius 2 is 2.09 bits per heavy atom. The summed E-state index contributed by atoms with van der Waals surface area (Å²) in [4.78, 5) is 19.7. The highest BCUT2D eigenvalue weighted by Crippen LogP contribution is 2.26. The molecule has 8 nitrogen and oxygen atoms in total. The van der Waals surface area contributed by atoms with E-state index in [2.05, 4.69) is 25.8 Å². The number of piperidine rings is 1. The number of aromatic nitrogens is 3. The molecule has 5 rings (SSSR count). The second-order valence-corrected chi connectivity index (χ2v) is 9.31. The van der Waals surface area contributed by atoms with E-state index in [-0.39, 0.29) is 11.8 Å². The molecule has 1 amide bonds. The predicted octanol–water partition coefficient (Wildman–Crippen LogP) is 4.44. The van der Waals surface area contributed by atoms with Gasteiger partial charge in [0.15, 0.2) is 11.6 Å². The third kappa shape index (κ3) is 5.51. The van der Waals surface area contributed by atoms with E-state index in [0.717, 1.165) is 47.2 Å². The molecule has 180 valence electrons. The second kappa shape index (κ2) is 10.7. The van der Waals surface area contributed by atoms with E-state index in [1.54, 1.807) is 24.7 Å². The van der Waals surface area contributed by atoms with Crippen molar-refractivity contribution in [3.05, 3.63) is 65.9 Å². The molecule has 3 aromatic heterocycles. The maximum atomic E-state index is 12.8. The molecule has 35 heavy (non-hydrogen) atoms. The summed E-state index contributed by atoms with van der Waals surface area (Å²) in [7, 11) is 1.66. The van der Waals surface area contributed by atoms with Crippen LogP contribution in [0, 0.1) is 5.92 Å². The second-order valence-electron chi connectivity index (χ2n) is 8.45. The average molecular weight is 490 g/mol. The van der Waals surface area contributed by atoms with Gasteiger partial charge in [-0.05, 0) is 61.4 Å². The number of thiazole rings is 1. The number of carbonyl (C=O) groups excluding carboxylic acids is 1. The first kappa shape index (κ1) is 23.0. The van der Waals surface area contributed by atoms with E-state index in [9.17, 15) is 4.79 Å². The molecule has 1 N–H and O–H groups in total. The Labute approximate surface area is 208 Å². The molecule has 1 saturated heterocycles. The van der Waals surface area contributed by atoms with Crippen molar-refractivity contribution in [1.29, 1.82) is 0 Å². The molecule has 4 aromatic rings. The summed E-state index contributed by atoms with van der Waals surface area (Å²) in [5.41, 5.74) is 2.74. The highest BCUT2D eigenvalue weighted by atomic mass is 32.1. The minimum atomic E-state index is -0.0689. The van der Waals surface area contributed by atoms with Crippen LogP contribution in [0.2, 0.25) is 0 Å². The Balaban J connectivity index is 1.12. The van der Waals surface area contributed by atoms with Gasteiger partial charge in [0.05, 0.1) is 25.0 Å². The molecule has 0 spiro atoms. The standard InChI is InChI=1S/C26H27N5O3S/c1-33-21-8-6-18(7-9-21)26-28-20(17-35-26)12-13-27-25(32)19-4-2-14-31(16-19)24-11-10-22(29-30-24)23-5-3-15-34-23/h3,5-11,15,17,19H,2,4,12-14,16H2,1H3,(H,27,32). The van der Waals surface area contributed by atoms with Crippen molar-refractivity contribution in [2.45, 2.75) is 19.3 Å². The quantitative estimate of drug-likeness (QED) is 0.391. The lowest BCUT2D eigenvalue weighted by Crippen LogP contribution is -2.43. The van der Waals surface area contributed by atoms with E-state index >= 15 is 0 Å². The Bertz CT molecular complexity index is 1240. The zero-order valence-electron chi connectivity index (χ0n) is 19.5. The normalized spacial score (nSPS) is 15.7. The molecule has 0 saturated carbocycles. The molecule has 1 aliphatic rings. The Morgan fingerprint density at radius 1 is 1.20 bits per heavy atom. The van der Waals surface area contributed by atoms with Crippen LogP contribution < -0.4 is 15.0 Å². The van der Waals surface area contributed by atoms with Gasteiger partial charge in [-0.15, -0.1) is 21.5 Å². The van der Waals surface area contributed by atoms with Crippen molar-refractivity contribution in [3.63, 3.8) is 0 Å². The van der Waals surface area contributed by atoms with Crippen LogP contribution in [0.15, 0.2) is 64.6 Å². The number of rotatable bonds is 8. The summed E-state index contributed by atoms with van der Waals surface area (Å²) in [5, 5.41) is 14.8. The van der Waals surface area contributed by atoms with E-state index < -0.39 is 0 Å². The first-order valence-electron chi connectivity index (χ1n) is 11.7. The lowest BCUT2D eigenvalue weighted by Gasteiger charge is -2.32. The fraction of sp³-hybridized carbons (Fsp3) is 0.308. The smallest absolute Gasteiger partial charge is 0.224 e. The maximum Gasteiger partial charge on any atom is 0.224 e. The fourth-order valence-corrected chi connectivity index (χ4v) is 5.06. The number of anilines is 1. The first-order valence-corrected chi connectivity index (χ1v) is 12.6. The largest absolute Gasteiger partial charge is 0.497 e. The maximum absolute atomic E-state index is 12.8. The van der Waals surface area contributed by atoms with Crippen LogP contribution in [0.3, 0.4) is 0 Å². The summed E-state index contributed by atoms with van der Waals surface area (Å²) in [5.74, 6) is 2.32. The highest BCUT2D eigenvalue weighted by molar-refractivity contribution is 7.13. The van der Waals surface area contributed by atoms with Crippen LogP contribution in [-0.2, 0) is 11.2 Å². The molecule has 4 heterocycles. The molecule has 9 heteroatoms. The number of carbonyl (C=O) groups is 1. The minimum Gasteiger partial charge on any atom is -0.497 e. The number of furan rings is 1. The average Bonchev–Trinajstić information content (AvgIpc) is 3.62. The van der Waals surface area contributed by atoms with E-state index in [4.69, 9.17) is 14.1 Å². The number of hydrogen-bond donors (Lipinski definition) is 1. The number of nitrogens with one attached hydrogen (secondary N) is 1. The first-order chi connectivity index (χ1) is 17.2. The van der Waals surface area contributed by atoms with Crippen LogP contribution in [0.25, 0.3) is 22.0 Å². The summed E-state index contributed by atoms with van der Waals surface area (Å²) in [6.45, 7) is 2.07. The Morgan fingerprint density at radius 3 is 2.83 bits per heavy atom. The molecule has 0 bridgehead atoms. The number of methoxy groups -OCH3 is 1. The molecular formula is C26H27N5O3S. The highest BCUT2D eigenvalue weighted by Gasteiger charge is 2.26. The van der Waals surface area contributed by atoms with E-state index in [1.165, 1.54) is 0 Å². The Kier molecular flexibility index (Phi) is 7.04. The van der Waals surface area contributed by atoms with Crippen molar-refractivity contribution in [3.8, 4) is 27.8 Å². The number of hydrogen-bond acceptors (Lipinski definition) is 8. The lowest BCUT2D eigenvalue weighted by atomic mass is 9.97. The number of ether oxygens (including phenoxy) is 1. The van der Waals surface area contributed by atoms with Gasteiger partial charge in [-0.2, -0.15) is 0 Å². The fourth-order valence-electron chi connectivity index (χ4n) is 4.19.